The molecule has 0 radical (unpaired) electrons. The van der Waals surface area contributed by atoms with E-state index in [-0.39, 0.29) is 11.2 Å². The number of carbonyl (C=O) groups excluding carboxylic acids is 1. The van der Waals surface area contributed by atoms with E-state index in [1.807, 2.05) is 29.2 Å². The van der Waals surface area contributed by atoms with Crippen LogP contribution in [0.25, 0.3) is 0 Å². The van der Waals surface area contributed by atoms with Gasteiger partial charge in [-0.2, -0.15) is 0 Å². The normalized spacial score (nSPS) is 18.5. The number of hydrogen-bond donors (Lipinski definition) is 1. The highest BCUT2D eigenvalue weighted by molar-refractivity contribution is 5.80. The molecule has 0 amide bonds. The largest absolute Gasteiger partial charge is 0.480 e. The lowest BCUT2D eigenvalue weighted by atomic mass is 9.86. The molecule has 1 atom stereocenters. The van der Waals surface area contributed by atoms with Gasteiger partial charge in [-0.05, 0) is 16.5 Å². The highest BCUT2D eigenvalue weighted by atomic mass is 16.4. The summed E-state index contributed by atoms with van der Waals surface area (Å²) in [4.78, 5) is 24.8. The molecule has 21 heavy (non-hydrogen) atoms. The zero-order valence-corrected chi connectivity index (χ0v) is 12.9. The van der Waals surface area contributed by atoms with Crippen LogP contribution in [-0.4, -0.2) is 34.8 Å². The lowest BCUT2D eigenvalue weighted by Crippen LogP contribution is -2.40. The van der Waals surface area contributed by atoms with Crippen LogP contribution >= 0.6 is 0 Å². The van der Waals surface area contributed by atoms with Gasteiger partial charge in [0.1, 0.15) is 11.8 Å². The molecule has 0 aromatic heterocycles. The number of rotatable bonds is 3. The monoisotopic (exact) mass is 289 g/mol. The predicted octanol–water partition coefficient (Wildman–Crippen LogP) is 2.77. The molecule has 0 spiro atoms. The van der Waals surface area contributed by atoms with E-state index < -0.39 is 12.0 Å². The Hall–Kier alpha value is -1.68. The lowest BCUT2D eigenvalue weighted by Gasteiger charge is -2.32. The van der Waals surface area contributed by atoms with Gasteiger partial charge in [0.05, 0.1) is 0 Å². The van der Waals surface area contributed by atoms with Crippen molar-refractivity contribution < 1.29 is 14.7 Å². The molecular weight excluding hydrogens is 266 g/mol. The molecule has 0 aliphatic carbocycles. The van der Waals surface area contributed by atoms with Gasteiger partial charge in [-0.1, -0.05) is 45.0 Å². The summed E-state index contributed by atoms with van der Waals surface area (Å²) in [5, 5.41) is 9.55. The van der Waals surface area contributed by atoms with Crippen molar-refractivity contribution in [1.82, 2.24) is 4.90 Å². The maximum atomic E-state index is 11.6. The Morgan fingerprint density at radius 2 is 1.67 bits per heavy atom. The van der Waals surface area contributed by atoms with Crippen molar-refractivity contribution in [2.45, 2.75) is 45.1 Å². The van der Waals surface area contributed by atoms with Crippen LogP contribution in [0.5, 0.6) is 0 Å². The van der Waals surface area contributed by atoms with Crippen LogP contribution in [0.15, 0.2) is 24.3 Å². The zero-order valence-electron chi connectivity index (χ0n) is 12.9. The predicted molar refractivity (Wildman–Crippen MR) is 81.3 cm³/mol. The third-order valence-corrected chi connectivity index (χ3v) is 4.05. The summed E-state index contributed by atoms with van der Waals surface area (Å²) in [5.74, 6) is -0.633. The average molecular weight is 289 g/mol. The van der Waals surface area contributed by atoms with Crippen molar-refractivity contribution in [3.63, 3.8) is 0 Å². The second-order valence-corrected chi connectivity index (χ2v) is 6.69. The molecular formula is C17H23NO3. The summed E-state index contributed by atoms with van der Waals surface area (Å²) in [7, 11) is 0. The first-order valence-corrected chi connectivity index (χ1v) is 7.38. The SMILES string of the molecule is CC(C)(C)c1ccc(C(C(=O)O)N2CCC(=O)CC2)cc1. The van der Waals surface area contributed by atoms with Gasteiger partial charge in [-0.25, -0.2) is 0 Å². The van der Waals surface area contributed by atoms with E-state index in [1.165, 1.54) is 5.56 Å². The third kappa shape index (κ3) is 3.70. The van der Waals surface area contributed by atoms with E-state index in [0.29, 0.717) is 25.9 Å². The van der Waals surface area contributed by atoms with Crippen LogP contribution in [0.4, 0.5) is 0 Å². The number of piperidine rings is 1. The van der Waals surface area contributed by atoms with E-state index >= 15 is 0 Å². The van der Waals surface area contributed by atoms with Crippen LogP contribution in [-0.2, 0) is 15.0 Å². The molecule has 1 aromatic rings. The zero-order chi connectivity index (χ0) is 15.6. The number of aliphatic carboxylic acids is 1. The van der Waals surface area contributed by atoms with Crippen LogP contribution in [0.3, 0.4) is 0 Å². The lowest BCUT2D eigenvalue weighted by molar-refractivity contribution is -0.145. The summed E-state index contributed by atoms with van der Waals surface area (Å²) in [6.45, 7) is 7.44. The van der Waals surface area contributed by atoms with Crippen molar-refractivity contribution in [2.24, 2.45) is 0 Å². The van der Waals surface area contributed by atoms with Gasteiger partial charge >= 0.3 is 5.97 Å². The van der Waals surface area contributed by atoms with Crippen LogP contribution in [0.1, 0.15) is 50.8 Å². The summed E-state index contributed by atoms with van der Waals surface area (Å²) in [6.07, 6.45) is 0.897. The van der Waals surface area contributed by atoms with E-state index in [0.717, 1.165) is 5.56 Å². The number of ketones is 1. The number of hydrogen-bond acceptors (Lipinski definition) is 3. The van der Waals surface area contributed by atoms with Gasteiger partial charge in [0.15, 0.2) is 0 Å². The Kier molecular flexibility index (Phi) is 4.47. The second-order valence-electron chi connectivity index (χ2n) is 6.69. The summed E-state index contributed by atoms with van der Waals surface area (Å²) >= 11 is 0. The van der Waals surface area contributed by atoms with Crippen molar-refractivity contribution in [1.29, 1.82) is 0 Å². The van der Waals surface area contributed by atoms with E-state index in [4.69, 9.17) is 0 Å². The molecule has 1 saturated heterocycles. The second kappa shape index (κ2) is 5.98. The molecule has 0 bridgehead atoms. The Morgan fingerprint density at radius 1 is 1.14 bits per heavy atom. The molecule has 4 nitrogen and oxygen atoms in total. The Labute approximate surface area is 125 Å². The van der Waals surface area contributed by atoms with Crippen LogP contribution in [0, 0.1) is 0 Å². The minimum absolute atomic E-state index is 0.0504. The van der Waals surface area contributed by atoms with Gasteiger partial charge in [-0.15, -0.1) is 0 Å². The Morgan fingerprint density at radius 3 is 2.10 bits per heavy atom. The Bertz CT molecular complexity index is 518. The fourth-order valence-corrected chi connectivity index (χ4v) is 2.71. The first-order valence-electron chi connectivity index (χ1n) is 7.38. The van der Waals surface area contributed by atoms with Gasteiger partial charge in [0, 0.05) is 25.9 Å². The third-order valence-electron chi connectivity index (χ3n) is 4.05. The van der Waals surface area contributed by atoms with Gasteiger partial charge < -0.3 is 5.11 Å². The van der Waals surface area contributed by atoms with Crippen molar-refractivity contribution in [2.75, 3.05) is 13.1 Å². The number of carboxylic acids is 1. The molecule has 1 aliphatic rings. The molecule has 1 aromatic carbocycles. The van der Waals surface area contributed by atoms with Crippen molar-refractivity contribution in [3.8, 4) is 0 Å². The highest BCUT2D eigenvalue weighted by Crippen LogP contribution is 2.27. The maximum absolute atomic E-state index is 11.6. The molecule has 4 heteroatoms. The summed E-state index contributed by atoms with van der Waals surface area (Å²) in [6, 6.07) is 7.14. The number of benzene rings is 1. The maximum Gasteiger partial charge on any atom is 0.325 e. The summed E-state index contributed by atoms with van der Waals surface area (Å²) < 4.78 is 0. The average Bonchev–Trinajstić information content (AvgIpc) is 2.40. The van der Waals surface area contributed by atoms with E-state index in [1.54, 1.807) is 0 Å². The van der Waals surface area contributed by atoms with E-state index in [2.05, 4.69) is 20.8 Å². The molecule has 2 rings (SSSR count). The molecule has 1 N–H and O–H groups in total. The number of likely N-dealkylation sites (tertiary alicyclic amines) is 1. The molecule has 1 heterocycles. The fraction of sp³-hybridized carbons (Fsp3) is 0.529. The minimum Gasteiger partial charge on any atom is -0.480 e. The Balaban J connectivity index is 2.22. The molecule has 1 unspecified atom stereocenters. The first kappa shape index (κ1) is 15.7. The number of nitrogens with zero attached hydrogens (tertiary/aromatic N) is 1. The van der Waals surface area contributed by atoms with Crippen LogP contribution < -0.4 is 0 Å². The number of carboxylic acid groups (broad SMARTS) is 1. The number of carbonyl (C=O) groups is 2. The van der Waals surface area contributed by atoms with Crippen molar-refractivity contribution >= 4 is 11.8 Å². The highest BCUT2D eigenvalue weighted by Gasteiger charge is 2.30. The topological polar surface area (TPSA) is 57.6 Å². The van der Waals surface area contributed by atoms with Gasteiger partial charge in [0.25, 0.3) is 0 Å². The quantitative estimate of drug-likeness (QED) is 0.929. The molecule has 1 aliphatic heterocycles. The molecule has 1 fully saturated rings. The standard InChI is InChI=1S/C17H23NO3/c1-17(2,3)13-6-4-12(5-7-13)15(16(20)21)18-10-8-14(19)9-11-18/h4-7,15H,8-11H2,1-3H3,(H,20,21). The van der Waals surface area contributed by atoms with E-state index in [9.17, 15) is 14.7 Å². The van der Waals surface area contributed by atoms with Gasteiger partial charge in [-0.3, -0.25) is 14.5 Å². The van der Waals surface area contributed by atoms with Crippen molar-refractivity contribution in [3.05, 3.63) is 35.4 Å². The minimum atomic E-state index is -0.854. The summed E-state index contributed by atoms with van der Waals surface area (Å²) in [5.41, 5.74) is 2.02. The smallest absolute Gasteiger partial charge is 0.325 e. The molecule has 0 saturated carbocycles. The first-order chi connectivity index (χ1) is 9.79. The van der Waals surface area contributed by atoms with Gasteiger partial charge in [0.2, 0.25) is 0 Å². The number of Topliss-reactive ketones (excluding diaryl/α,β-unsaturated/α-hetero) is 1. The fourth-order valence-electron chi connectivity index (χ4n) is 2.71. The molecule has 114 valence electrons. The van der Waals surface area contributed by atoms with Crippen LogP contribution in [0.2, 0.25) is 0 Å².